The first-order chi connectivity index (χ1) is 43.6. The maximum absolute atomic E-state index is 13.8. The fourth-order valence-corrected chi connectivity index (χ4v) is 8.03. The number of rotatable bonds is 6. The van der Waals surface area contributed by atoms with Crippen molar-refractivity contribution in [1.82, 2.24) is 24.9 Å². The quantitative estimate of drug-likeness (QED) is 0.124. The van der Waals surface area contributed by atoms with Gasteiger partial charge in [-0.1, -0.05) is 58.3 Å². The second-order valence-corrected chi connectivity index (χ2v) is 20.3. The second kappa shape index (κ2) is 30.9. The number of allylic oxidation sites excluding steroid dienone is 10. The number of hydrogen-bond acceptors (Lipinski definition) is 7. The molecule has 0 unspecified atom stereocenters. The molecule has 0 saturated carbocycles. The van der Waals surface area contributed by atoms with Crippen LogP contribution in [0.2, 0.25) is 0 Å². The van der Waals surface area contributed by atoms with Gasteiger partial charge in [0, 0.05) is 151 Å². The summed E-state index contributed by atoms with van der Waals surface area (Å²) in [6, 6.07) is 14.6. The largest absolute Gasteiger partial charge is 0.379 e. The molecule has 102 heavy (non-hydrogen) atoms. The number of aromatic nitrogens is 5. The molecule has 0 aromatic carbocycles. The van der Waals surface area contributed by atoms with Gasteiger partial charge in [0.15, 0.2) is 0 Å². The molecule has 46 heteroatoms. The zero-order chi connectivity index (χ0) is 74.4. The summed E-state index contributed by atoms with van der Waals surface area (Å²) >= 11 is 0. The van der Waals surface area contributed by atoms with Crippen LogP contribution in [-0.2, 0) is 105 Å². The number of ketones is 1. The van der Waals surface area contributed by atoms with Crippen molar-refractivity contribution in [3.05, 3.63) is 174 Å². The van der Waals surface area contributed by atoms with Gasteiger partial charge in [-0.2, -0.15) is 136 Å². The standard InChI is InChI=1S/C13H9F8N2.C12H6F8N.C11H4F8N.C10H4F6N.C10H4F4NO.5Ir/c1-23(2)7-3-4-22-9(5-7)8-6-10(14,15)12(18,19)13(20,21)11(8,16)17;1-6-2-3-21-8(4-6)7-5-9(13,14)11(17,18)12(19,20)10(7,15)16;12-8(13)5-6(7-3-1-2-4-20-7)9(14,15)11(18,19)10(8,16)17;11-8(12)5-6(7-3-1-2-4-17-7)9(13,14)10(8,15)16;11-9(12)5-6(10(13,14)8(9)16)7-3-1-2-4-15-7;;;;;/h3-5H,1-2H3;2-4H,1H3;1-4H;1-4H;1-4H;;;;;/q5*-1;;;;;. The maximum Gasteiger partial charge on any atom is 0.378 e. The Kier molecular flexibility index (Phi) is 28.8. The number of halogens is 34. The molecule has 0 amide bonds. The van der Waals surface area contributed by atoms with Gasteiger partial charge < -0.3 is 29.8 Å². The van der Waals surface area contributed by atoms with Crippen LogP contribution >= 0.6 is 0 Å². The summed E-state index contributed by atoms with van der Waals surface area (Å²) in [6.07, 6.45) is 8.46. The number of Topliss-reactive ketones (excluding diaryl/α,β-unsaturated/α-hetero) is 1. The van der Waals surface area contributed by atoms with Crippen LogP contribution in [0.4, 0.5) is 155 Å². The van der Waals surface area contributed by atoms with Gasteiger partial charge in [0.1, 0.15) is 0 Å². The van der Waals surface area contributed by atoms with Crippen LogP contribution in [-0.4, -0.2) is 145 Å². The Hall–Kier alpha value is -5.21. The molecule has 575 valence electrons. The molecule has 7 nitrogen and oxygen atoms in total. The van der Waals surface area contributed by atoms with Crippen molar-refractivity contribution in [2.75, 3.05) is 19.0 Å². The summed E-state index contributed by atoms with van der Waals surface area (Å²) in [4.78, 5) is 28.6. The number of carbonyl (C=O) groups is 1. The van der Waals surface area contributed by atoms with Crippen LogP contribution in [0.1, 0.15) is 34.0 Å². The van der Waals surface area contributed by atoms with Gasteiger partial charge in [-0.15, -0.1) is 52.1 Å². The number of aryl methyl sites for hydroxylation is 1. The minimum atomic E-state index is -6.31. The van der Waals surface area contributed by atoms with Crippen molar-refractivity contribution in [3.8, 4) is 0 Å². The monoisotopic (exact) mass is 2410 g/mol. The van der Waals surface area contributed by atoms with E-state index in [2.05, 4.69) is 24.9 Å². The molecular formula is C56H27F34Ir5N6O-5. The smallest absolute Gasteiger partial charge is 0.378 e. The van der Waals surface area contributed by atoms with Crippen LogP contribution in [0, 0.1) is 37.3 Å². The summed E-state index contributed by atoms with van der Waals surface area (Å²) in [5.41, 5.74) is -12.5. The van der Waals surface area contributed by atoms with E-state index in [-0.39, 0.29) is 117 Å². The van der Waals surface area contributed by atoms with E-state index >= 15 is 0 Å². The molecule has 0 N–H and O–H groups in total. The molecule has 0 aliphatic heterocycles. The van der Waals surface area contributed by atoms with Crippen molar-refractivity contribution in [3.63, 3.8) is 0 Å². The third kappa shape index (κ3) is 15.9. The third-order valence-corrected chi connectivity index (χ3v) is 13.3. The van der Waals surface area contributed by atoms with Gasteiger partial charge in [0.25, 0.3) is 35.4 Å². The van der Waals surface area contributed by atoms with E-state index < -0.39 is 157 Å². The van der Waals surface area contributed by atoms with Crippen LogP contribution in [0.3, 0.4) is 0 Å². The van der Waals surface area contributed by atoms with E-state index in [1.54, 1.807) is 0 Å². The number of nitrogens with zero attached hydrogens (tertiary/aromatic N) is 6. The SMILES string of the molecule is CN(C)c1ccnc(C2=[C-]C(F)(F)C(F)(F)C(F)(F)C2(F)F)c1.Cc1ccnc(C2=[C-]C(F)(F)C(F)(F)C(F)(F)C2(F)F)c1.FC1(F)[C-]=C(c2ccccn2)C(F)(F)C(F)(F)C1(F)F.FC1(F)[C-]=C(c2ccccn2)C(F)(F)C1(F)F.O=C1C(F)(F)[C-]=C(c2ccccn2)C1(F)F.[Ir].[Ir].[Ir].[Ir].[Ir]. The molecule has 0 atom stereocenters. The summed E-state index contributed by atoms with van der Waals surface area (Å²) in [5.74, 6) is -97.5. The third-order valence-electron chi connectivity index (χ3n) is 13.3. The van der Waals surface area contributed by atoms with E-state index in [0.29, 0.717) is 24.3 Å². The van der Waals surface area contributed by atoms with Crippen LogP contribution in [0.15, 0.2) is 110 Å². The van der Waals surface area contributed by atoms with E-state index in [0.717, 1.165) is 61.2 Å². The predicted molar refractivity (Wildman–Crippen MR) is 263 cm³/mol. The summed E-state index contributed by atoms with van der Waals surface area (Å²) in [6.45, 7) is 1.36. The molecule has 5 aliphatic rings. The molecule has 5 heterocycles. The molecule has 5 aromatic rings. The topological polar surface area (TPSA) is 84.8 Å². The van der Waals surface area contributed by atoms with Crippen LogP contribution < -0.4 is 4.90 Å². The molecule has 0 bridgehead atoms. The van der Waals surface area contributed by atoms with Gasteiger partial charge in [-0.25, -0.2) is 43.9 Å². The van der Waals surface area contributed by atoms with E-state index in [1.807, 2.05) is 0 Å². The van der Waals surface area contributed by atoms with Crippen molar-refractivity contribution >= 4 is 39.3 Å². The number of alkyl halides is 34. The maximum atomic E-state index is 13.8. The number of hydrogen-bond donors (Lipinski definition) is 0. The average Bonchev–Trinajstić information content (AvgIpc) is 1.73. The fourth-order valence-electron chi connectivity index (χ4n) is 8.03. The number of pyridine rings is 5. The van der Waals surface area contributed by atoms with Gasteiger partial charge in [-0.05, 0) is 37.3 Å². The van der Waals surface area contributed by atoms with Gasteiger partial charge in [-0.3, -0.25) is 4.79 Å². The number of anilines is 1. The van der Waals surface area contributed by atoms with Gasteiger partial charge >= 0.3 is 71.1 Å². The number of carbonyl (C=O) groups excluding carboxylic acids is 1. The molecular weight excluding hydrogens is 2380 g/mol. The Morgan fingerprint density at radius 2 is 0.569 bits per heavy atom. The van der Waals surface area contributed by atoms with Crippen LogP contribution in [0.5, 0.6) is 0 Å². The van der Waals surface area contributed by atoms with Gasteiger partial charge in [0.2, 0.25) is 0 Å². The van der Waals surface area contributed by atoms with E-state index in [9.17, 15) is 154 Å². The molecule has 10 rings (SSSR count). The first-order valence-corrected chi connectivity index (χ1v) is 25.2. The van der Waals surface area contributed by atoms with Crippen molar-refractivity contribution in [2.24, 2.45) is 0 Å². The summed E-state index contributed by atoms with van der Waals surface area (Å²) in [5, 5.41) is 0. The molecule has 0 spiro atoms. The van der Waals surface area contributed by atoms with Crippen molar-refractivity contribution in [2.45, 2.75) is 108 Å². The Labute approximate surface area is 616 Å². The molecule has 5 aliphatic carbocycles. The summed E-state index contributed by atoms with van der Waals surface area (Å²) < 4.78 is 447. The predicted octanol–water partition coefficient (Wildman–Crippen LogP) is 17.1. The van der Waals surface area contributed by atoms with Crippen molar-refractivity contribution < 1.29 is 255 Å². The Morgan fingerprint density at radius 3 is 0.824 bits per heavy atom. The van der Waals surface area contributed by atoms with E-state index in [4.69, 9.17) is 0 Å². The fraction of sp³-hybridized carbons (Fsp3) is 0.357. The first-order valence-electron chi connectivity index (χ1n) is 25.2. The average molecular weight is 2410 g/mol. The zero-order valence-corrected chi connectivity index (χ0v) is 60.5. The normalized spacial score (nSPS) is 23.2. The minimum Gasteiger partial charge on any atom is -0.379 e. The first kappa shape index (κ1) is 94.8. The summed E-state index contributed by atoms with van der Waals surface area (Å²) in [7, 11) is 2.93. The second-order valence-electron chi connectivity index (χ2n) is 20.3. The Balaban J connectivity index is 0.000000633. The molecule has 0 saturated heterocycles. The van der Waals surface area contributed by atoms with E-state index in [1.165, 1.54) is 80.7 Å². The van der Waals surface area contributed by atoms with Crippen LogP contribution in [0.25, 0.3) is 27.9 Å². The van der Waals surface area contributed by atoms with Crippen molar-refractivity contribution in [1.29, 1.82) is 0 Å². The molecule has 5 radical (unpaired) electrons. The minimum absolute atomic E-state index is 0. The Morgan fingerprint density at radius 1 is 0.304 bits per heavy atom. The molecule has 0 fully saturated rings. The Bertz CT molecular complexity index is 3930. The molecule has 5 aromatic heterocycles. The zero-order valence-electron chi connectivity index (χ0n) is 48.5. The van der Waals surface area contributed by atoms with Gasteiger partial charge in [0.05, 0.1) is 0 Å².